The lowest BCUT2D eigenvalue weighted by atomic mass is 10.0. The summed E-state index contributed by atoms with van der Waals surface area (Å²) in [5.41, 5.74) is 3.67. The number of hydrogen-bond acceptors (Lipinski definition) is 3. The first kappa shape index (κ1) is 14.1. The number of aryl methyl sites for hydroxylation is 2. The summed E-state index contributed by atoms with van der Waals surface area (Å²) in [6.07, 6.45) is 0.549. The van der Waals surface area contributed by atoms with Crippen molar-refractivity contribution in [2.24, 2.45) is 0 Å². The highest BCUT2D eigenvalue weighted by Gasteiger charge is 2.24. The smallest absolute Gasteiger partial charge is 0.166 e. The molecule has 0 radical (unpaired) electrons. The van der Waals surface area contributed by atoms with Gasteiger partial charge in [-0.25, -0.2) is 0 Å². The van der Waals surface area contributed by atoms with Crippen LogP contribution in [-0.4, -0.2) is 22.1 Å². The Balaban J connectivity index is 1.97. The molecule has 2 aromatic rings. The van der Waals surface area contributed by atoms with E-state index in [0.717, 1.165) is 40.8 Å². The van der Waals surface area contributed by atoms with Gasteiger partial charge in [-0.2, -0.15) is 5.10 Å². The molecule has 1 aliphatic rings. The van der Waals surface area contributed by atoms with E-state index in [-0.39, 0.29) is 5.78 Å². The van der Waals surface area contributed by atoms with Gasteiger partial charge in [-0.15, -0.1) is 0 Å². The molecular formula is C16H18ClN3O. The number of aromatic nitrogens is 2. The maximum Gasteiger partial charge on any atom is 0.166 e. The van der Waals surface area contributed by atoms with Crippen LogP contribution in [0.25, 0.3) is 0 Å². The van der Waals surface area contributed by atoms with Crippen molar-refractivity contribution in [3.05, 3.63) is 46.2 Å². The van der Waals surface area contributed by atoms with Crippen LogP contribution in [0.15, 0.2) is 24.3 Å². The minimum Gasteiger partial charge on any atom is -0.365 e. The molecule has 0 aliphatic carbocycles. The fourth-order valence-corrected chi connectivity index (χ4v) is 3.04. The van der Waals surface area contributed by atoms with Crippen LogP contribution in [0, 0.1) is 6.92 Å². The SMILES string of the molecule is CCn1nc(C)c(Cl)c1CN1CCC(=O)c2ccccc21. The van der Waals surface area contributed by atoms with Crippen molar-refractivity contribution in [1.82, 2.24) is 9.78 Å². The molecular weight excluding hydrogens is 286 g/mol. The van der Waals surface area contributed by atoms with Gasteiger partial charge in [0.15, 0.2) is 5.78 Å². The molecule has 0 amide bonds. The van der Waals surface area contributed by atoms with E-state index in [0.29, 0.717) is 13.0 Å². The predicted octanol–water partition coefficient (Wildman–Crippen LogP) is 3.46. The molecule has 0 saturated carbocycles. The summed E-state index contributed by atoms with van der Waals surface area (Å²) in [4.78, 5) is 14.2. The molecule has 0 saturated heterocycles. The van der Waals surface area contributed by atoms with Crippen LogP contribution >= 0.6 is 11.6 Å². The van der Waals surface area contributed by atoms with Crippen molar-refractivity contribution in [1.29, 1.82) is 0 Å². The van der Waals surface area contributed by atoms with E-state index in [2.05, 4.69) is 16.9 Å². The summed E-state index contributed by atoms with van der Waals surface area (Å²) < 4.78 is 1.94. The van der Waals surface area contributed by atoms with Gasteiger partial charge in [-0.05, 0) is 26.0 Å². The van der Waals surface area contributed by atoms with Crippen LogP contribution in [0.3, 0.4) is 0 Å². The van der Waals surface area contributed by atoms with Crippen molar-refractivity contribution >= 4 is 23.1 Å². The zero-order chi connectivity index (χ0) is 15.0. The van der Waals surface area contributed by atoms with E-state index in [4.69, 9.17) is 11.6 Å². The van der Waals surface area contributed by atoms with Gasteiger partial charge < -0.3 is 4.90 Å². The van der Waals surface area contributed by atoms with Crippen LogP contribution in [0.5, 0.6) is 0 Å². The van der Waals surface area contributed by atoms with E-state index in [9.17, 15) is 4.79 Å². The first-order chi connectivity index (χ1) is 10.1. The molecule has 0 unspecified atom stereocenters. The Morgan fingerprint density at radius 1 is 1.33 bits per heavy atom. The molecule has 5 heteroatoms. The van der Waals surface area contributed by atoms with Gasteiger partial charge in [0.05, 0.1) is 23.0 Å². The Hall–Kier alpha value is -1.81. The largest absolute Gasteiger partial charge is 0.365 e. The summed E-state index contributed by atoms with van der Waals surface area (Å²) in [6.45, 7) is 6.17. The van der Waals surface area contributed by atoms with Crippen molar-refractivity contribution in [2.45, 2.75) is 33.4 Å². The number of para-hydroxylation sites is 1. The highest BCUT2D eigenvalue weighted by molar-refractivity contribution is 6.31. The molecule has 0 fully saturated rings. The number of hydrogen-bond donors (Lipinski definition) is 0. The van der Waals surface area contributed by atoms with Crippen LogP contribution < -0.4 is 4.90 Å². The molecule has 0 N–H and O–H groups in total. The fraction of sp³-hybridized carbons (Fsp3) is 0.375. The lowest BCUT2D eigenvalue weighted by Gasteiger charge is -2.30. The zero-order valence-corrected chi connectivity index (χ0v) is 13.0. The molecule has 0 spiro atoms. The van der Waals surface area contributed by atoms with Crippen molar-refractivity contribution in [2.75, 3.05) is 11.4 Å². The number of Topliss-reactive ketones (excluding diaryl/α,β-unsaturated/α-hetero) is 1. The molecule has 1 aliphatic heterocycles. The zero-order valence-electron chi connectivity index (χ0n) is 12.3. The number of carbonyl (C=O) groups is 1. The second-order valence-corrected chi connectivity index (χ2v) is 5.65. The molecule has 2 heterocycles. The second kappa shape index (κ2) is 5.53. The van der Waals surface area contributed by atoms with E-state index >= 15 is 0 Å². The topological polar surface area (TPSA) is 38.1 Å². The molecule has 0 atom stereocenters. The monoisotopic (exact) mass is 303 g/mol. The number of fused-ring (bicyclic) bond motifs is 1. The Morgan fingerprint density at radius 3 is 2.86 bits per heavy atom. The van der Waals surface area contributed by atoms with Gasteiger partial charge in [0.1, 0.15) is 0 Å². The van der Waals surface area contributed by atoms with Crippen LogP contribution in [0.4, 0.5) is 5.69 Å². The normalized spacial score (nSPS) is 14.4. The number of nitrogens with zero attached hydrogens (tertiary/aromatic N) is 3. The number of rotatable bonds is 3. The predicted molar refractivity (Wildman–Crippen MR) is 84.1 cm³/mol. The number of halogens is 1. The average molecular weight is 304 g/mol. The Bertz CT molecular complexity index is 693. The Labute approximate surface area is 129 Å². The standard InChI is InChI=1S/C16H18ClN3O/c1-3-20-14(16(17)11(2)18-20)10-19-9-8-15(21)12-6-4-5-7-13(12)19/h4-7H,3,8-10H2,1-2H3. The van der Waals surface area contributed by atoms with Crippen molar-refractivity contribution < 1.29 is 4.79 Å². The van der Waals surface area contributed by atoms with Gasteiger partial charge in [0, 0.05) is 30.8 Å². The van der Waals surface area contributed by atoms with Gasteiger partial charge in [0.2, 0.25) is 0 Å². The van der Waals surface area contributed by atoms with E-state index in [1.54, 1.807) is 0 Å². The number of carbonyl (C=O) groups excluding carboxylic acids is 1. The first-order valence-electron chi connectivity index (χ1n) is 7.20. The average Bonchev–Trinajstić information content (AvgIpc) is 2.78. The summed E-state index contributed by atoms with van der Waals surface area (Å²) in [7, 11) is 0. The summed E-state index contributed by atoms with van der Waals surface area (Å²) in [5, 5.41) is 5.18. The van der Waals surface area contributed by atoms with Gasteiger partial charge >= 0.3 is 0 Å². The molecule has 1 aromatic carbocycles. The minimum atomic E-state index is 0.216. The highest BCUT2D eigenvalue weighted by atomic mass is 35.5. The van der Waals surface area contributed by atoms with E-state index in [1.807, 2.05) is 35.9 Å². The van der Waals surface area contributed by atoms with Gasteiger partial charge in [0.25, 0.3) is 0 Å². The lowest BCUT2D eigenvalue weighted by molar-refractivity contribution is 0.0979. The maximum absolute atomic E-state index is 12.0. The summed E-state index contributed by atoms with van der Waals surface area (Å²) >= 11 is 6.39. The van der Waals surface area contributed by atoms with Crippen LogP contribution in [0.2, 0.25) is 5.02 Å². The number of anilines is 1. The van der Waals surface area contributed by atoms with E-state index in [1.165, 1.54) is 0 Å². The molecule has 1 aromatic heterocycles. The quantitative estimate of drug-likeness (QED) is 0.871. The fourth-order valence-electron chi connectivity index (χ4n) is 2.84. The summed E-state index contributed by atoms with van der Waals surface area (Å²) in [6, 6.07) is 7.77. The van der Waals surface area contributed by atoms with E-state index < -0.39 is 0 Å². The highest BCUT2D eigenvalue weighted by Crippen LogP contribution is 2.30. The lowest BCUT2D eigenvalue weighted by Crippen LogP contribution is -2.32. The Kier molecular flexibility index (Phi) is 3.72. The van der Waals surface area contributed by atoms with Crippen LogP contribution in [-0.2, 0) is 13.1 Å². The van der Waals surface area contributed by atoms with Crippen molar-refractivity contribution in [3.8, 4) is 0 Å². The second-order valence-electron chi connectivity index (χ2n) is 5.27. The molecule has 0 bridgehead atoms. The van der Waals surface area contributed by atoms with Gasteiger partial charge in [-0.1, -0.05) is 23.7 Å². The number of ketones is 1. The Morgan fingerprint density at radius 2 is 2.10 bits per heavy atom. The third-order valence-electron chi connectivity index (χ3n) is 3.95. The first-order valence-corrected chi connectivity index (χ1v) is 7.58. The minimum absolute atomic E-state index is 0.216. The molecule has 21 heavy (non-hydrogen) atoms. The van der Waals surface area contributed by atoms with Crippen molar-refractivity contribution in [3.63, 3.8) is 0 Å². The maximum atomic E-state index is 12.0. The third kappa shape index (κ3) is 2.44. The summed E-state index contributed by atoms with van der Waals surface area (Å²) in [5.74, 6) is 0.216. The van der Waals surface area contributed by atoms with Gasteiger partial charge in [-0.3, -0.25) is 9.48 Å². The molecule has 3 rings (SSSR count). The molecule has 110 valence electrons. The third-order valence-corrected chi connectivity index (χ3v) is 4.44. The molecule has 4 nitrogen and oxygen atoms in total. The van der Waals surface area contributed by atoms with Crippen LogP contribution in [0.1, 0.15) is 35.1 Å². The number of benzene rings is 1.